The van der Waals surface area contributed by atoms with Crippen molar-refractivity contribution in [2.75, 3.05) is 11.9 Å². The molecule has 3 nitrogen and oxygen atoms in total. The third-order valence-electron chi connectivity index (χ3n) is 5.13. The molecular weight excluding hydrogens is 430 g/mol. The Hall–Kier alpha value is -2.96. The zero-order valence-corrected chi connectivity index (χ0v) is 19.8. The molecule has 1 aliphatic rings. The number of hydrogen-bond acceptors (Lipinski definition) is 3. The van der Waals surface area contributed by atoms with Gasteiger partial charge in [0.1, 0.15) is 5.82 Å². The maximum absolute atomic E-state index is 13.9. The van der Waals surface area contributed by atoms with E-state index < -0.39 is 17.8 Å². The first-order valence-corrected chi connectivity index (χ1v) is 11.3. The molecule has 0 spiro atoms. The number of dihydropyridines is 1. The van der Waals surface area contributed by atoms with E-state index in [0.29, 0.717) is 5.70 Å². The molecule has 3 N–H and O–H groups in total. The lowest BCUT2D eigenvalue weighted by molar-refractivity contribution is -0.138. The second-order valence-electron chi connectivity index (χ2n) is 7.68. The Morgan fingerprint density at radius 2 is 1.79 bits per heavy atom. The van der Waals surface area contributed by atoms with Crippen molar-refractivity contribution in [1.82, 2.24) is 10.6 Å². The van der Waals surface area contributed by atoms with Gasteiger partial charge in [-0.05, 0) is 62.2 Å². The summed E-state index contributed by atoms with van der Waals surface area (Å²) in [5.41, 5.74) is 2.50. The Balaban J connectivity index is 0.00000187. The summed E-state index contributed by atoms with van der Waals surface area (Å²) >= 11 is 0. The summed E-state index contributed by atoms with van der Waals surface area (Å²) < 4.78 is 54.4. The van der Waals surface area contributed by atoms with Gasteiger partial charge < -0.3 is 16.0 Å². The monoisotopic (exact) mass is 463 g/mol. The minimum absolute atomic E-state index is 0.158. The number of nitrogens with one attached hydrogen (secondary N) is 3. The van der Waals surface area contributed by atoms with Crippen molar-refractivity contribution in [3.05, 3.63) is 88.5 Å². The summed E-state index contributed by atoms with van der Waals surface area (Å²) in [5.74, 6) is -0.339. The van der Waals surface area contributed by atoms with Gasteiger partial charge in [-0.25, -0.2) is 4.39 Å². The summed E-state index contributed by atoms with van der Waals surface area (Å²) in [7, 11) is 0. The van der Waals surface area contributed by atoms with Crippen molar-refractivity contribution in [2.45, 2.75) is 59.3 Å². The van der Waals surface area contributed by atoms with Crippen LogP contribution < -0.4 is 16.0 Å². The molecule has 0 amide bonds. The van der Waals surface area contributed by atoms with Crippen molar-refractivity contribution in [1.29, 1.82) is 0 Å². The predicted octanol–water partition coefficient (Wildman–Crippen LogP) is 7.48. The standard InChI is InChI=1S/C24H27F4N3.C2H6/c1-4-11-29-22-10-9-17(25)13-20(22)16(3)31-18-12-15(2)30-23(14-18)19-7-5-6-8-21(19)24(26,27)28;1-2/h5-10,12-14,16,23,29-31H,4,11H2,1-3H3;1-2H3. The van der Waals surface area contributed by atoms with E-state index in [0.717, 1.165) is 36.0 Å². The van der Waals surface area contributed by atoms with Gasteiger partial charge in [0.15, 0.2) is 0 Å². The third-order valence-corrected chi connectivity index (χ3v) is 5.13. The van der Waals surface area contributed by atoms with Gasteiger partial charge >= 0.3 is 6.18 Å². The molecule has 33 heavy (non-hydrogen) atoms. The fraction of sp³-hybridized carbons (Fsp3) is 0.385. The van der Waals surface area contributed by atoms with E-state index in [1.807, 2.05) is 33.8 Å². The van der Waals surface area contributed by atoms with Gasteiger partial charge in [0.2, 0.25) is 0 Å². The Morgan fingerprint density at radius 1 is 1.09 bits per heavy atom. The van der Waals surface area contributed by atoms with Gasteiger partial charge in [0.25, 0.3) is 0 Å². The second kappa shape index (κ2) is 11.8. The van der Waals surface area contributed by atoms with Crippen LogP contribution in [0.3, 0.4) is 0 Å². The molecule has 3 rings (SSSR count). The average molecular weight is 464 g/mol. The number of hydrogen-bond donors (Lipinski definition) is 3. The van der Waals surface area contributed by atoms with Crippen molar-refractivity contribution in [3.8, 4) is 0 Å². The van der Waals surface area contributed by atoms with Crippen LogP contribution in [0.25, 0.3) is 0 Å². The fourth-order valence-corrected chi connectivity index (χ4v) is 3.71. The molecule has 1 heterocycles. The smallest absolute Gasteiger partial charge is 0.385 e. The van der Waals surface area contributed by atoms with Crippen LogP contribution in [-0.2, 0) is 6.18 Å². The highest BCUT2D eigenvalue weighted by molar-refractivity contribution is 5.53. The summed E-state index contributed by atoms with van der Waals surface area (Å²) in [5, 5.41) is 9.73. The molecule has 0 saturated heterocycles. The highest BCUT2D eigenvalue weighted by Crippen LogP contribution is 2.36. The van der Waals surface area contributed by atoms with Gasteiger partial charge in [-0.15, -0.1) is 0 Å². The molecule has 7 heteroatoms. The summed E-state index contributed by atoms with van der Waals surface area (Å²) in [6.07, 6.45) is 0.0509. The molecule has 2 aromatic carbocycles. The Labute approximate surface area is 194 Å². The van der Waals surface area contributed by atoms with Gasteiger partial charge in [-0.2, -0.15) is 13.2 Å². The number of rotatable bonds is 7. The molecule has 0 radical (unpaired) electrons. The number of anilines is 1. The van der Waals surface area contributed by atoms with Gasteiger partial charge in [-0.1, -0.05) is 39.0 Å². The van der Waals surface area contributed by atoms with Crippen LogP contribution in [0.4, 0.5) is 23.2 Å². The highest BCUT2D eigenvalue weighted by Gasteiger charge is 2.35. The zero-order valence-electron chi connectivity index (χ0n) is 19.8. The lowest BCUT2D eigenvalue weighted by Crippen LogP contribution is -2.28. The number of halogens is 4. The molecule has 2 unspecified atom stereocenters. The lowest BCUT2D eigenvalue weighted by atomic mass is 9.96. The molecule has 0 aliphatic carbocycles. The van der Waals surface area contributed by atoms with Crippen LogP contribution in [0.1, 0.15) is 69.8 Å². The average Bonchev–Trinajstić information content (AvgIpc) is 2.78. The van der Waals surface area contributed by atoms with E-state index in [4.69, 9.17) is 0 Å². The van der Waals surface area contributed by atoms with Crippen molar-refractivity contribution in [3.63, 3.8) is 0 Å². The topological polar surface area (TPSA) is 36.1 Å². The molecule has 1 aliphatic heterocycles. The second-order valence-corrected chi connectivity index (χ2v) is 7.68. The van der Waals surface area contributed by atoms with Crippen LogP contribution >= 0.6 is 0 Å². The van der Waals surface area contributed by atoms with Crippen LogP contribution in [0.2, 0.25) is 0 Å². The van der Waals surface area contributed by atoms with E-state index in [9.17, 15) is 17.6 Å². The third kappa shape index (κ3) is 7.01. The SMILES string of the molecule is CC.CCCNc1ccc(F)cc1C(C)NC1=CC(c2ccccc2C(F)(F)F)NC(C)=C1. The first-order valence-electron chi connectivity index (χ1n) is 11.3. The van der Waals surface area contributed by atoms with E-state index >= 15 is 0 Å². The Kier molecular flexibility index (Phi) is 9.38. The van der Waals surface area contributed by atoms with Crippen LogP contribution in [0.5, 0.6) is 0 Å². The van der Waals surface area contributed by atoms with Crippen LogP contribution in [0.15, 0.2) is 66.0 Å². The van der Waals surface area contributed by atoms with Gasteiger partial charge in [-0.3, -0.25) is 0 Å². The largest absolute Gasteiger partial charge is 0.416 e. The van der Waals surface area contributed by atoms with E-state index in [-0.39, 0.29) is 17.4 Å². The maximum atomic E-state index is 13.9. The van der Waals surface area contributed by atoms with Crippen LogP contribution in [0, 0.1) is 5.82 Å². The van der Waals surface area contributed by atoms with Gasteiger partial charge in [0.05, 0.1) is 17.6 Å². The molecule has 2 aromatic rings. The Morgan fingerprint density at radius 3 is 2.45 bits per heavy atom. The Bertz CT molecular complexity index is 980. The summed E-state index contributed by atoms with van der Waals surface area (Å²) in [6, 6.07) is 9.25. The normalized spacial score (nSPS) is 16.5. The molecule has 0 aromatic heterocycles. The van der Waals surface area contributed by atoms with Gasteiger partial charge in [0, 0.05) is 29.2 Å². The lowest BCUT2D eigenvalue weighted by Gasteiger charge is -2.28. The summed E-state index contributed by atoms with van der Waals surface area (Å²) in [6.45, 7) is 10.5. The minimum Gasteiger partial charge on any atom is -0.385 e. The van der Waals surface area contributed by atoms with E-state index in [2.05, 4.69) is 16.0 Å². The van der Waals surface area contributed by atoms with E-state index in [1.165, 1.54) is 24.3 Å². The fourth-order valence-electron chi connectivity index (χ4n) is 3.71. The molecule has 0 bridgehead atoms. The van der Waals surface area contributed by atoms with Crippen molar-refractivity contribution in [2.24, 2.45) is 0 Å². The number of benzene rings is 2. The van der Waals surface area contributed by atoms with Crippen LogP contribution in [-0.4, -0.2) is 6.54 Å². The van der Waals surface area contributed by atoms with E-state index in [1.54, 1.807) is 25.1 Å². The molecule has 180 valence electrons. The first kappa shape index (κ1) is 26.3. The quantitative estimate of drug-likeness (QED) is 0.373. The zero-order chi connectivity index (χ0) is 24.6. The maximum Gasteiger partial charge on any atom is 0.416 e. The van der Waals surface area contributed by atoms with Crippen molar-refractivity contribution < 1.29 is 17.6 Å². The predicted molar refractivity (Wildman–Crippen MR) is 127 cm³/mol. The molecule has 2 atom stereocenters. The number of allylic oxidation sites excluding steroid dienone is 2. The summed E-state index contributed by atoms with van der Waals surface area (Å²) in [4.78, 5) is 0. The number of alkyl halides is 3. The molecule has 0 fully saturated rings. The van der Waals surface area contributed by atoms with Crippen molar-refractivity contribution >= 4 is 5.69 Å². The minimum atomic E-state index is -4.44. The molecular formula is C26H33F4N3. The molecule has 0 saturated carbocycles. The highest BCUT2D eigenvalue weighted by atomic mass is 19.4. The first-order chi connectivity index (χ1) is 15.7.